The second-order valence-corrected chi connectivity index (χ2v) is 2.15. The summed E-state index contributed by atoms with van der Waals surface area (Å²) in [5, 5.41) is 0. The van der Waals surface area contributed by atoms with Gasteiger partial charge in [-0.3, -0.25) is 0 Å². The molecule has 0 spiro atoms. The molecule has 72 valence electrons. The zero-order chi connectivity index (χ0) is 10.0. The maximum absolute atomic E-state index is 12.7. The minimum absolute atomic E-state index is 0.544. The molecule has 1 heterocycles. The number of aromatic nitrogens is 1. The monoisotopic (exact) mass is 195 g/mol. The summed E-state index contributed by atoms with van der Waals surface area (Å²) in [6.07, 6.45) is -2.40. The highest BCUT2D eigenvalue weighted by Crippen LogP contribution is 2.30. The van der Waals surface area contributed by atoms with Crippen LogP contribution in [0.25, 0.3) is 0 Å². The summed E-state index contributed by atoms with van der Waals surface area (Å²) in [6, 6.07) is 0. The van der Waals surface area contributed by atoms with Gasteiger partial charge in [-0.1, -0.05) is 0 Å². The number of ether oxygens (including phenoxy) is 1. The summed E-state index contributed by atoms with van der Waals surface area (Å²) in [6.45, 7) is 0. The maximum Gasteiger partial charge on any atom is 0.269 e. The minimum Gasteiger partial charge on any atom is -0.493 e. The molecule has 0 saturated heterocycles. The van der Waals surface area contributed by atoms with Gasteiger partial charge in [0.2, 0.25) is 5.82 Å². The summed E-state index contributed by atoms with van der Waals surface area (Å²) < 4.78 is 53.6. The average molecular weight is 195 g/mol. The Balaban J connectivity index is 3.30. The predicted octanol–water partition coefficient (Wildman–Crippen LogP) is 2.31. The van der Waals surface area contributed by atoms with Crippen molar-refractivity contribution in [1.29, 1.82) is 0 Å². The van der Waals surface area contributed by atoms with Gasteiger partial charge >= 0.3 is 0 Å². The lowest BCUT2D eigenvalue weighted by Crippen LogP contribution is -2.00. The Labute approximate surface area is 71.2 Å². The highest BCUT2D eigenvalue weighted by atomic mass is 19.3. The number of nitrogens with zero attached hydrogens (tertiary/aromatic N) is 1. The van der Waals surface area contributed by atoms with E-state index in [4.69, 9.17) is 0 Å². The Bertz CT molecular complexity index is 316. The summed E-state index contributed by atoms with van der Waals surface area (Å²) >= 11 is 0. The van der Waals surface area contributed by atoms with Crippen molar-refractivity contribution in [3.05, 3.63) is 23.5 Å². The fourth-order valence-electron chi connectivity index (χ4n) is 0.825. The lowest BCUT2D eigenvalue weighted by Gasteiger charge is -2.07. The van der Waals surface area contributed by atoms with Crippen LogP contribution in [-0.4, -0.2) is 12.1 Å². The van der Waals surface area contributed by atoms with Gasteiger partial charge in [-0.15, -0.1) is 0 Å². The van der Waals surface area contributed by atoms with Crippen molar-refractivity contribution in [1.82, 2.24) is 4.98 Å². The number of halogens is 4. The molecule has 0 unspecified atom stereocenters. The van der Waals surface area contributed by atoms with E-state index >= 15 is 0 Å². The Hall–Kier alpha value is -1.33. The van der Waals surface area contributed by atoms with Gasteiger partial charge in [-0.05, 0) is 0 Å². The number of methoxy groups -OCH3 is 1. The standard InChI is InChI=1S/C7H5F4NO/c1-13-5-3(6(9)10)2-12-7(11)4(5)8/h2,6H,1H3. The molecule has 1 aromatic heterocycles. The Morgan fingerprint density at radius 3 is 2.46 bits per heavy atom. The van der Waals surface area contributed by atoms with Gasteiger partial charge in [0.1, 0.15) is 0 Å². The zero-order valence-electron chi connectivity index (χ0n) is 6.52. The van der Waals surface area contributed by atoms with E-state index < -0.39 is 29.5 Å². The normalized spacial score (nSPS) is 10.6. The molecule has 0 atom stereocenters. The third-order valence-corrected chi connectivity index (χ3v) is 1.40. The number of hydrogen-bond donors (Lipinski definition) is 0. The van der Waals surface area contributed by atoms with E-state index in [1.165, 1.54) is 0 Å². The molecule has 0 N–H and O–H groups in total. The summed E-state index contributed by atoms with van der Waals surface area (Å²) in [7, 11) is 0.976. The molecule has 0 aliphatic carbocycles. The summed E-state index contributed by atoms with van der Waals surface area (Å²) in [5.41, 5.74) is -0.763. The fourth-order valence-corrected chi connectivity index (χ4v) is 0.825. The zero-order valence-corrected chi connectivity index (χ0v) is 6.52. The SMILES string of the molecule is COc1c(C(F)F)cnc(F)c1F. The third-order valence-electron chi connectivity index (χ3n) is 1.40. The van der Waals surface area contributed by atoms with Gasteiger partial charge in [0, 0.05) is 6.20 Å². The van der Waals surface area contributed by atoms with Crippen molar-refractivity contribution in [3.63, 3.8) is 0 Å². The van der Waals surface area contributed by atoms with Crippen molar-refractivity contribution in [3.8, 4) is 5.75 Å². The minimum atomic E-state index is -2.95. The molecule has 0 radical (unpaired) electrons. The molecule has 0 aliphatic heterocycles. The van der Waals surface area contributed by atoms with Crippen LogP contribution < -0.4 is 4.74 Å². The second kappa shape index (κ2) is 3.59. The van der Waals surface area contributed by atoms with Crippen LogP contribution in [0.3, 0.4) is 0 Å². The quantitative estimate of drug-likeness (QED) is 0.533. The van der Waals surface area contributed by atoms with Crippen LogP contribution in [0.2, 0.25) is 0 Å². The van der Waals surface area contributed by atoms with Gasteiger partial charge in [0.15, 0.2) is 5.75 Å². The van der Waals surface area contributed by atoms with E-state index in [0.717, 1.165) is 7.11 Å². The molecule has 2 nitrogen and oxygen atoms in total. The van der Waals surface area contributed by atoms with Gasteiger partial charge < -0.3 is 4.74 Å². The van der Waals surface area contributed by atoms with Crippen LogP contribution in [0.1, 0.15) is 12.0 Å². The molecule has 0 bridgehead atoms. The van der Waals surface area contributed by atoms with Crippen molar-refractivity contribution in [2.45, 2.75) is 6.43 Å². The van der Waals surface area contributed by atoms with Gasteiger partial charge in [0.05, 0.1) is 12.7 Å². The van der Waals surface area contributed by atoms with Crippen LogP contribution in [0.15, 0.2) is 6.20 Å². The summed E-state index contributed by atoms with van der Waals surface area (Å²) in [5.74, 6) is -3.76. The van der Waals surface area contributed by atoms with E-state index in [1.54, 1.807) is 0 Å². The molecular formula is C7H5F4NO. The molecular weight excluding hydrogens is 190 g/mol. The largest absolute Gasteiger partial charge is 0.493 e. The molecule has 0 fully saturated rings. The molecule has 0 saturated carbocycles. The van der Waals surface area contributed by atoms with Crippen molar-refractivity contribution in [2.24, 2.45) is 0 Å². The van der Waals surface area contributed by atoms with Crippen LogP contribution >= 0.6 is 0 Å². The van der Waals surface area contributed by atoms with Crippen molar-refractivity contribution in [2.75, 3.05) is 7.11 Å². The molecule has 1 rings (SSSR count). The Morgan fingerprint density at radius 1 is 1.38 bits per heavy atom. The van der Waals surface area contributed by atoms with Gasteiger partial charge in [0.25, 0.3) is 12.4 Å². The first-order chi connectivity index (χ1) is 6.07. The van der Waals surface area contributed by atoms with E-state index in [1.807, 2.05) is 0 Å². The first-order valence-corrected chi connectivity index (χ1v) is 3.24. The fraction of sp³-hybridized carbons (Fsp3) is 0.286. The van der Waals surface area contributed by atoms with Crippen molar-refractivity contribution < 1.29 is 22.3 Å². The van der Waals surface area contributed by atoms with Crippen molar-refractivity contribution >= 4 is 0 Å². The van der Waals surface area contributed by atoms with E-state index in [9.17, 15) is 17.6 Å². The van der Waals surface area contributed by atoms with Gasteiger partial charge in [-0.25, -0.2) is 13.8 Å². The Morgan fingerprint density at radius 2 is 2.00 bits per heavy atom. The number of pyridine rings is 1. The van der Waals surface area contributed by atoms with Crippen LogP contribution in [0, 0.1) is 11.8 Å². The molecule has 0 aliphatic rings. The van der Waals surface area contributed by atoms with Crippen LogP contribution in [-0.2, 0) is 0 Å². The number of rotatable bonds is 2. The Kier molecular flexibility index (Phi) is 2.69. The van der Waals surface area contributed by atoms with Gasteiger partial charge in [-0.2, -0.15) is 8.78 Å². The topological polar surface area (TPSA) is 22.1 Å². The third kappa shape index (κ3) is 1.71. The average Bonchev–Trinajstić information content (AvgIpc) is 2.09. The molecule has 0 aromatic carbocycles. The molecule has 6 heteroatoms. The number of alkyl halides is 2. The second-order valence-electron chi connectivity index (χ2n) is 2.15. The molecule has 1 aromatic rings. The number of hydrogen-bond acceptors (Lipinski definition) is 2. The van der Waals surface area contributed by atoms with Crippen LogP contribution in [0.4, 0.5) is 17.6 Å². The maximum atomic E-state index is 12.7. The molecule has 13 heavy (non-hydrogen) atoms. The first kappa shape index (κ1) is 9.76. The summed E-state index contributed by atoms with van der Waals surface area (Å²) in [4.78, 5) is 2.81. The van der Waals surface area contributed by atoms with Crippen LogP contribution in [0.5, 0.6) is 5.75 Å². The predicted molar refractivity (Wildman–Crippen MR) is 35.7 cm³/mol. The van der Waals surface area contributed by atoms with E-state index in [0.29, 0.717) is 6.20 Å². The first-order valence-electron chi connectivity index (χ1n) is 3.24. The highest BCUT2D eigenvalue weighted by molar-refractivity contribution is 5.33. The van der Waals surface area contributed by atoms with E-state index in [-0.39, 0.29) is 0 Å². The van der Waals surface area contributed by atoms with E-state index in [2.05, 4.69) is 9.72 Å². The lowest BCUT2D eigenvalue weighted by atomic mass is 10.2. The lowest BCUT2D eigenvalue weighted by molar-refractivity contribution is 0.144. The highest BCUT2D eigenvalue weighted by Gasteiger charge is 2.21. The smallest absolute Gasteiger partial charge is 0.269 e. The molecule has 0 amide bonds.